The summed E-state index contributed by atoms with van der Waals surface area (Å²) < 4.78 is 2.35. The summed E-state index contributed by atoms with van der Waals surface area (Å²) in [6, 6.07) is 18.7. The maximum absolute atomic E-state index is 12.8. The van der Waals surface area contributed by atoms with Gasteiger partial charge in [-0.25, -0.2) is 4.79 Å². The predicted molar refractivity (Wildman–Crippen MR) is 116 cm³/mol. The Morgan fingerprint density at radius 1 is 0.968 bits per heavy atom. The second-order valence-electron chi connectivity index (χ2n) is 7.49. The molecule has 0 spiro atoms. The maximum atomic E-state index is 12.8. The average Bonchev–Trinajstić information content (AvgIpc) is 3.11. The number of hydrogen-bond donors (Lipinski definition) is 2. The minimum absolute atomic E-state index is 0.151. The maximum Gasteiger partial charge on any atom is 0.332 e. The van der Waals surface area contributed by atoms with E-state index in [-0.39, 0.29) is 30.3 Å². The van der Waals surface area contributed by atoms with Gasteiger partial charge < -0.3 is 10.6 Å². The smallest absolute Gasteiger partial charge is 0.332 e. The summed E-state index contributed by atoms with van der Waals surface area (Å²) in [4.78, 5) is 50.7. The number of benzene rings is 2. The molecule has 2 amide bonds. The van der Waals surface area contributed by atoms with Crippen molar-refractivity contribution in [1.29, 1.82) is 0 Å². The number of carbonyl (C=O) groups excluding carboxylic acids is 2. The van der Waals surface area contributed by atoms with Crippen LogP contribution in [0.25, 0.3) is 0 Å². The molecule has 0 fully saturated rings. The van der Waals surface area contributed by atoms with Crippen molar-refractivity contribution in [2.24, 2.45) is 7.05 Å². The van der Waals surface area contributed by atoms with Crippen LogP contribution in [0.4, 0.5) is 5.82 Å². The van der Waals surface area contributed by atoms with Crippen LogP contribution in [0.3, 0.4) is 0 Å². The van der Waals surface area contributed by atoms with Gasteiger partial charge in [0.1, 0.15) is 5.82 Å². The molecule has 1 aliphatic heterocycles. The summed E-state index contributed by atoms with van der Waals surface area (Å²) in [5.74, 6) is -1.59. The van der Waals surface area contributed by atoms with Gasteiger partial charge in [0.2, 0.25) is 11.8 Å². The van der Waals surface area contributed by atoms with Crippen molar-refractivity contribution in [2.75, 3.05) is 5.32 Å². The molecule has 31 heavy (non-hydrogen) atoms. The Kier molecular flexibility index (Phi) is 5.53. The van der Waals surface area contributed by atoms with Crippen LogP contribution < -0.4 is 21.9 Å². The van der Waals surface area contributed by atoms with E-state index in [4.69, 9.17) is 0 Å². The Morgan fingerprint density at radius 2 is 1.58 bits per heavy atom. The van der Waals surface area contributed by atoms with Crippen LogP contribution in [-0.2, 0) is 29.7 Å². The van der Waals surface area contributed by atoms with Crippen LogP contribution in [0.2, 0.25) is 0 Å². The highest BCUT2D eigenvalue weighted by Gasteiger charge is 2.38. The van der Waals surface area contributed by atoms with E-state index >= 15 is 0 Å². The van der Waals surface area contributed by atoms with Crippen LogP contribution in [0.5, 0.6) is 0 Å². The molecule has 0 saturated carbocycles. The lowest BCUT2D eigenvalue weighted by Gasteiger charge is -2.14. The fraction of sp³-hybridized carbons (Fsp3) is 0.217. The molecule has 8 heteroatoms. The van der Waals surface area contributed by atoms with E-state index in [1.807, 2.05) is 60.7 Å². The Bertz CT molecular complexity index is 1250. The highest BCUT2D eigenvalue weighted by atomic mass is 16.2. The first-order valence-electron chi connectivity index (χ1n) is 9.95. The molecule has 1 unspecified atom stereocenters. The van der Waals surface area contributed by atoms with E-state index in [0.717, 1.165) is 15.7 Å². The van der Waals surface area contributed by atoms with Crippen molar-refractivity contribution in [3.8, 4) is 0 Å². The van der Waals surface area contributed by atoms with E-state index in [1.54, 1.807) is 0 Å². The van der Waals surface area contributed by atoms with Crippen molar-refractivity contribution in [3.05, 3.63) is 98.2 Å². The quantitative estimate of drug-likeness (QED) is 0.631. The highest BCUT2D eigenvalue weighted by molar-refractivity contribution is 6.04. The second kappa shape index (κ2) is 8.43. The van der Waals surface area contributed by atoms with Gasteiger partial charge >= 0.3 is 5.69 Å². The Labute approximate surface area is 178 Å². The Morgan fingerprint density at radius 3 is 2.23 bits per heavy atom. The minimum Gasteiger partial charge on any atom is -0.352 e. The number of hydrogen-bond acceptors (Lipinski definition) is 4. The fourth-order valence-electron chi connectivity index (χ4n) is 3.74. The Hall–Kier alpha value is -3.94. The topological polar surface area (TPSA) is 102 Å². The molecule has 1 aromatic heterocycles. The van der Waals surface area contributed by atoms with Crippen molar-refractivity contribution in [2.45, 2.75) is 25.4 Å². The molecule has 8 nitrogen and oxygen atoms in total. The monoisotopic (exact) mass is 418 g/mol. The minimum atomic E-state index is -0.952. The predicted octanol–water partition coefficient (Wildman–Crippen LogP) is 1.34. The van der Waals surface area contributed by atoms with Gasteiger partial charge in [-0.05, 0) is 11.1 Å². The van der Waals surface area contributed by atoms with Gasteiger partial charge in [-0.15, -0.1) is 0 Å². The van der Waals surface area contributed by atoms with E-state index in [2.05, 4.69) is 10.6 Å². The molecular weight excluding hydrogens is 396 g/mol. The lowest BCUT2D eigenvalue weighted by molar-refractivity contribution is -0.125. The van der Waals surface area contributed by atoms with Gasteiger partial charge in [0, 0.05) is 20.0 Å². The van der Waals surface area contributed by atoms with Crippen LogP contribution in [0, 0.1) is 0 Å². The molecule has 1 aliphatic rings. The molecule has 0 saturated heterocycles. The van der Waals surface area contributed by atoms with E-state index in [1.165, 1.54) is 11.6 Å². The summed E-state index contributed by atoms with van der Waals surface area (Å²) in [5, 5.41) is 5.44. The fourth-order valence-corrected chi connectivity index (χ4v) is 3.74. The molecule has 1 atom stereocenters. The van der Waals surface area contributed by atoms with Crippen LogP contribution >= 0.6 is 0 Å². The van der Waals surface area contributed by atoms with Crippen molar-refractivity contribution < 1.29 is 9.59 Å². The zero-order valence-electron chi connectivity index (χ0n) is 17.0. The van der Waals surface area contributed by atoms with Crippen molar-refractivity contribution >= 4 is 17.6 Å². The number of amides is 2. The average molecular weight is 418 g/mol. The largest absolute Gasteiger partial charge is 0.352 e. The first-order chi connectivity index (χ1) is 15.0. The SMILES string of the molecule is Cn1c(=O)c2c(n(Cc3ccccc3)c1=O)NC(=O)C2CC(=O)NCc1ccccc1. The number of anilines is 1. The molecular formula is C23H22N4O4. The number of aromatic nitrogens is 2. The number of nitrogens with zero attached hydrogens (tertiary/aromatic N) is 2. The second-order valence-corrected chi connectivity index (χ2v) is 7.49. The zero-order valence-corrected chi connectivity index (χ0v) is 17.0. The third-order valence-electron chi connectivity index (χ3n) is 5.39. The molecule has 4 rings (SSSR count). The summed E-state index contributed by atoms with van der Waals surface area (Å²) in [6.45, 7) is 0.524. The number of fused-ring (bicyclic) bond motifs is 1. The number of rotatable bonds is 6. The first kappa shape index (κ1) is 20.3. The van der Waals surface area contributed by atoms with Gasteiger partial charge in [-0.2, -0.15) is 0 Å². The molecule has 158 valence electrons. The van der Waals surface area contributed by atoms with E-state index in [9.17, 15) is 19.2 Å². The van der Waals surface area contributed by atoms with Gasteiger partial charge in [-0.1, -0.05) is 60.7 Å². The van der Waals surface area contributed by atoms with Crippen LogP contribution in [-0.4, -0.2) is 20.9 Å². The van der Waals surface area contributed by atoms with Crippen LogP contribution in [0.1, 0.15) is 29.0 Å². The van der Waals surface area contributed by atoms with E-state index < -0.39 is 23.1 Å². The lowest BCUT2D eigenvalue weighted by atomic mass is 9.99. The molecule has 2 heterocycles. The number of nitrogens with one attached hydrogen (secondary N) is 2. The zero-order chi connectivity index (χ0) is 22.0. The molecule has 2 N–H and O–H groups in total. The normalized spacial score (nSPS) is 14.7. The molecule has 0 aliphatic carbocycles. The third-order valence-corrected chi connectivity index (χ3v) is 5.39. The van der Waals surface area contributed by atoms with Gasteiger partial charge in [0.25, 0.3) is 5.56 Å². The summed E-state index contributed by atoms with van der Waals surface area (Å²) in [5.41, 5.74) is 0.840. The third kappa shape index (κ3) is 4.05. The van der Waals surface area contributed by atoms with Gasteiger partial charge in [0.05, 0.1) is 18.0 Å². The molecule has 3 aromatic rings. The summed E-state index contributed by atoms with van der Waals surface area (Å²) in [6.07, 6.45) is -0.176. The molecule has 2 aromatic carbocycles. The number of carbonyl (C=O) groups is 2. The van der Waals surface area contributed by atoms with Gasteiger partial charge in [0.15, 0.2) is 0 Å². The molecule has 0 radical (unpaired) electrons. The Balaban J connectivity index is 1.62. The summed E-state index contributed by atoms with van der Waals surface area (Å²) >= 11 is 0. The highest BCUT2D eigenvalue weighted by Crippen LogP contribution is 2.31. The van der Waals surface area contributed by atoms with Crippen molar-refractivity contribution in [1.82, 2.24) is 14.5 Å². The van der Waals surface area contributed by atoms with Crippen LogP contribution in [0.15, 0.2) is 70.3 Å². The standard InChI is InChI=1S/C23H22N4O4/c1-26-22(30)19-17(12-18(28)24-13-15-8-4-2-5-9-15)21(29)25-20(19)27(23(26)31)14-16-10-6-3-7-11-16/h2-11,17H,12-14H2,1H3,(H,24,28)(H,25,29). The summed E-state index contributed by atoms with van der Waals surface area (Å²) in [7, 11) is 1.38. The van der Waals surface area contributed by atoms with E-state index in [0.29, 0.717) is 6.54 Å². The molecule has 0 bridgehead atoms. The lowest BCUT2D eigenvalue weighted by Crippen LogP contribution is -2.40. The van der Waals surface area contributed by atoms with Gasteiger partial charge in [-0.3, -0.25) is 23.5 Å². The first-order valence-corrected chi connectivity index (χ1v) is 9.95. The van der Waals surface area contributed by atoms with Crippen molar-refractivity contribution in [3.63, 3.8) is 0 Å².